The summed E-state index contributed by atoms with van der Waals surface area (Å²) in [6.45, 7) is 0.688. The van der Waals surface area contributed by atoms with E-state index in [9.17, 15) is 9.59 Å². The first-order valence-electron chi connectivity index (χ1n) is 5.66. The average Bonchev–Trinajstić information content (AvgIpc) is 2.64. The maximum Gasteiger partial charge on any atom is 0.333 e. The molecule has 3 rings (SSSR count). The number of rotatable bonds is 1. The zero-order valence-electron chi connectivity index (χ0n) is 9.51. The minimum Gasteiger partial charge on any atom is -0.361 e. The van der Waals surface area contributed by atoms with Crippen LogP contribution in [-0.2, 0) is 9.53 Å². The van der Waals surface area contributed by atoms with E-state index < -0.39 is 0 Å². The fraction of sp³-hybridized carbons (Fsp3) is 0.333. The monoisotopic (exact) mass is 266 g/mol. The maximum atomic E-state index is 12.2. The van der Waals surface area contributed by atoms with Crippen molar-refractivity contribution in [1.29, 1.82) is 0 Å². The summed E-state index contributed by atoms with van der Waals surface area (Å²) in [4.78, 5) is 27.0. The van der Waals surface area contributed by atoms with Crippen LogP contribution in [0.3, 0.4) is 0 Å². The van der Waals surface area contributed by atoms with Crippen LogP contribution in [0, 0.1) is 0 Å². The van der Waals surface area contributed by atoms with Crippen LogP contribution in [0.25, 0.3) is 0 Å². The Bertz CT molecular complexity index is 479. The number of urea groups is 1. The summed E-state index contributed by atoms with van der Waals surface area (Å²) in [5.74, 6) is -0.189. The van der Waals surface area contributed by atoms with Crippen LogP contribution < -0.4 is 4.90 Å². The number of carbonyl (C=O) groups excluding carboxylic acids is 2. The first-order chi connectivity index (χ1) is 8.68. The van der Waals surface area contributed by atoms with Gasteiger partial charge in [-0.05, 0) is 24.3 Å². The van der Waals surface area contributed by atoms with Gasteiger partial charge in [0.1, 0.15) is 12.8 Å². The van der Waals surface area contributed by atoms with Gasteiger partial charge in [0.05, 0.1) is 12.3 Å². The minimum atomic E-state index is -0.387. The molecule has 0 aliphatic carbocycles. The molecule has 2 aliphatic heterocycles. The third-order valence-electron chi connectivity index (χ3n) is 3.17. The van der Waals surface area contributed by atoms with Crippen molar-refractivity contribution in [3.8, 4) is 0 Å². The second kappa shape index (κ2) is 4.26. The summed E-state index contributed by atoms with van der Waals surface area (Å²) in [7, 11) is 0. The second-order valence-corrected chi connectivity index (χ2v) is 4.68. The summed E-state index contributed by atoms with van der Waals surface area (Å²) in [6, 6.07) is 5.93. The van der Waals surface area contributed by atoms with Gasteiger partial charge in [0.15, 0.2) is 0 Å². The number of amides is 3. The maximum absolute atomic E-state index is 12.2. The lowest BCUT2D eigenvalue weighted by Gasteiger charge is -2.26. The Kier molecular flexibility index (Phi) is 2.72. The predicted molar refractivity (Wildman–Crippen MR) is 65.4 cm³/mol. The molecule has 0 saturated carbocycles. The first kappa shape index (κ1) is 11.5. The number of halogens is 1. The number of ether oxygens (including phenoxy) is 1. The molecule has 2 aliphatic rings. The number of fused-ring (bicyclic) bond motifs is 1. The van der Waals surface area contributed by atoms with Crippen LogP contribution in [0.4, 0.5) is 10.5 Å². The number of hydrogen-bond donors (Lipinski definition) is 0. The number of carbonyl (C=O) groups is 2. The van der Waals surface area contributed by atoms with Gasteiger partial charge in [-0.15, -0.1) is 0 Å². The fourth-order valence-corrected chi connectivity index (χ4v) is 2.37. The molecule has 2 fully saturated rings. The van der Waals surface area contributed by atoms with E-state index in [2.05, 4.69) is 0 Å². The molecule has 0 N–H and O–H groups in total. The van der Waals surface area contributed by atoms with E-state index >= 15 is 0 Å². The van der Waals surface area contributed by atoms with Crippen molar-refractivity contribution in [1.82, 2.24) is 4.90 Å². The number of nitrogens with zero attached hydrogens (tertiary/aromatic N) is 2. The smallest absolute Gasteiger partial charge is 0.333 e. The summed E-state index contributed by atoms with van der Waals surface area (Å²) >= 11 is 5.79. The van der Waals surface area contributed by atoms with E-state index in [0.717, 1.165) is 0 Å². The Hall–Kier alpha value is -1.59. The zero-order valence-corrected chi connectivity index (χ0v) is 10.3. The normalized spacial score (nSPS) is 23.5. The predicted octanol–water partition coefficient (Wildman–Crippen LogP) is 1.85. The lowest BCUT2D eigenvalue weighted by molar-refractivity contribution is -0.123. The molecule has 2 heterocycles. The highest BCUT2D eigenvalue weighted by atomic mass is 35.5. The van der Waals surface area contributed by atoms with Gasteiger partial charge in [0.2, 0.25) is 0 Å². The van der Waals surface area contributed by atoms with Crippen molar-refractivity contribution in [2.75, 3.05) is 18.2 Å². The number of hydrogen-bond acceptors (Lipinski definition) is 3. The SMILES string of the molecule is O=C1C2CCOCN2C(=O)N1c1ccc(Cl)cc1. The van der Waals surface area contributed by atoms with Crippen LogP contribution in [0.1, 0.15) is 6.42 Å². The summed E-state index contributed by atoms with van der Waals surface area (Å²) in [5.41, 5.74) is 0.545. The van der Waals surface area contributed by atoms with Gasteiger partial charge in [-0.1, -0.05) is 11.6 Å². The highest BCUT2D eigenvalue weighted by Gasteiger charge is 2.47. The molecule has 0 radical (unpaired) electrons. The van der Waals surface area contributed by atoms with Crippen LogP contribution in [-0.4, -0.2) is 36.2 Å². The van der Waals surface area contributed by atoms with Gasteiger partial charge in [0, 0.05) is 11.4 Å². The number of imide groups is 1. The van der Waals surface area contributed by atoms with Gasteiger partial charge < -0.3 is 4.74 Å². The molecular formula is C12H11ClN2O3. The topological polar surface area (TPSA) is 49.9 Å². The third-order valence-corrected chi connectivity index (χ3v) is 3.42. The zero-order chi connectivity index (χ0) is 12.7. The van der Waals surface area contributed by atoms with Crippen LogP contribution in [0.5, 0.6) is 0 Å². The van der Waals surface area contributed by atoms with Crippen LogP contribution in [0.2, 0.25) is 5.02 Å². The van der Waals surface area contributed by atoms with Gasteiger partial charge in [-0.3, -0.25) is 9.69 Å². The molecule has 0 bridgehead atoms. The largest absolute Gasteiger partial charge is 0.361 e. The Morgan fingerprint density at radius 1 is 1.22 bits per heavy atom. The van der Waals surface area contributed by atoms with Gasteiger partial charge >= 0.3 is 6.03 Å². The van der Waals surface area contributed by atoms with Crippen molar-refractivity contribution in [3.63, 3.8) is 0 Å². The Labute approximate surface area is 109 Å². The Morgan fingerprint density at radius 2 is 1.94 bits per heavy atom. The van der Waals surface area contributed by atoms with Crippen molar-refractivity contribution >= 4 is 29.2 Å². The van der Waals surface area contributed by atoms with Crippen molar-refractivity contribution in [2.24, 2.45) is 0 Å². The molecule has 1 atom stereocenters. The third kappa shape index (κ3) is 1.67. The Balaban J connectivity index is 1.95. The van der Waals surface area contributed by atoms with E-state index in [1.165, 1.54) is 9.80 Å². The fourth-order valence-electron chi connectivity index (χ4n) is 2.25. The molecule has 18 heavy (non-hydrogen) atoms. The highest BCUT2D eigenvalue weighted by Crippen LogP contribution is 2.29. The van der Waals surface area contributed by atoms with Crippen LogP contribution >= 0.6 is 11.6 Å². The number of benzene rings is 1. The van der Waals surface area contributed by atoms with Gasteiger partial charge in [-0.2, -0.15) is 0 Å². The Morgan fingerprint density at radius 3 is 2.61 bits per heavy atom. The quantitative estimate of drug-likeness (QED) is 0.729. The van der Waals surface area contributed by atoms with E-state index in [1.807, 2.05) is 0 Å². The van der Waals surface area contributed by atoms with Crippen LogP contribution in [0.15, 0.2) is 24.3 Å². The summed E-state index contributed by atoms with van der Waals surface area (Å²) in [5, 5.41) is 0.568. The molecular weight excluding hydrogens is 256 g/mol. The minimum absolute atomic E-state index is 0.180. The molecule has 3 amide bonds. The lowest BCUT2D eigenvalue weighted by atomic mass is 10.2. The van der Waals surface area contributed by atoms with E-state index in [4.69, 9.17) is 16.3 Å². The average molecular weight is 267 g/mol. The standard InChI is InChI=1S/C12H11ClN2O3/c13-8-1-3-9(4-2-8)15-11(16)10-5-6-18-7-14(10)12(15)17/h1-4,10H,5-7H2. The van der Waals surface area contributed by atoms with Crippen molar-refractivity contribution in [3.05, 3.63) is 29.3 Å². The summed E-state index contributed by atoms with van der Waals surface area (Å²) < 4.78 is 5.21. The van der Waals surface area contributed by atoms with E-state index in [-0.39, 0.29) is 24.7 Å². The molecule has 0 aromatic heterocycles. The molecule has 1 aromatic carbocycles. The molecule has 0 spiro atoms. The molecule has 5 nitrogen and oxygen atoms in total. The second-order valence-electron chi connectivity index (χ2n) is 4.24. The first-order valence-corrected chi connectivity index (χ1v) is 6.04. The van der Waals surface area contributed by atoms with E-state index in [1.54, 1.807) is 24.3 Å². The molecule has 1 unspecified atom stereocenters. The molecule has 94 valence electrons. The van der Waals surface area contributed by atoms with Gasteiger partial charge in [0.25, 0.3) is 5.91 Å². The lowest BCUT2D eigenvalue weighted by Crippen LogP contribution is -2.41. The molecule has 1 aromatic rings. The molecule has 6 heteroatoms. The van der Waals surface area contributed by atoms with E-state index in [0.29, 0.717) is 23.7 Å². The van der Waals surface area contributed by atoms with Gasteiger partial charge in [-0.25, -0.2) is 9.69 Å². The highest BCUT2D eigenvalue weighted by molar-refractivity contribution is 6.30. The van der Waals surface area contributed by atoms with Crippen molar-refractivity contribution < 1.29 is 14.3 Å². The molecule has 2 saturated heterocycles. The number of anilines is 1. The summed E-state index contributed by atoms with van der Waals surface area (Å²) in [6.07, 6.45) is 0.550. The van der Waals surface area contributed by atoms with Crippen molar-refractivity contribution in [2.45, 2.75) is 12.5 Å².